The van der Waals surface area contributed by atoms with E-state index >= 15 is 0 Å². The second-order valence-electron chi connectivity index (χ2n) is 5.68. The minimum atomic E-state index is -1.17. The molecular weight excluding hydrogens is 410 g/mol. The minimum absolute atomic E-state index is 0.223. The summed E-state index contributed by atoms with van der Waals surface area (Å²) in [5.74, 6) is -1.65. The van der Waals surface area contributed by atoms with Gasteiger partial charge in [0.2, 0.25) is 5.91 Å². The van der Waals surface area contributed by atoms with Gasteiger partial charge in [-0.15, -0.1) is 0 Å². The van der Waals surface area contributed by atoms with Crippen LogP contribution in [0.15, 0.2) is 77.4 Å². The van der Waals surface area contributed by atoms with Crippen molar-refractivity contribution in [2.75, 3.05) is 0 Å². The SMILES string of the molecule is O=C(O)/C=C/C(=O)NCc1cn(-c2ccccc2)nc1-c1ccc(Br)cc1. The Morgan fingerprint density at radius 2 is 1.78 bits per heavy atom. The molecule has 0 aliphatic carbocycles. The molecule has 0 spiro atoms. The van der Waals surface area contributed by atoms with Gasteiger partial charge in [0.1, 0.15) is 0 Å². The van der Waals surface area contributed by atoms with Crippen LogP contribution in [0.2, 0.25) is 0 Å². The number of hydrogen-bond acceptors (Lipinski definition) is 3. The van der Waals surface area contributed by atoms with Crippen molar-refractivity contribution in [2.24, 2.45) is 0 Å². The lowest BCUT2D eigenvalue weighted by molar-refractivity contribution is -0.131. The first-order valence-corrected chi connectivity index (χ1v) is 8.91. The van der Waals surface area contributed by atoms with Crippen molar-refractivity contribution in [2.45, 2.75) is 6.54 Å². The maximum Gasteiger partial charge on any atom is 0.328 e. The van der Waals surface area contributed by atoms with Crippen molar-refractivity contribution < 1.29 is 14.7 Å². The molecule has 3 aromatic rings. The van der Waals surface area contributed by atoms with Gasteiger partial charge in [-0.25, -0.2) is 9.48 Å². The van der Waals surface area contributed by atoms with E-state index in [1.807, 2.05) is 60.8 Å². The third kappa shape index (κ3) is 4.92. The van der Waals surface area contributed by atoms with Crippen molar-refractivity contribution in [3.63, 3.8) is 0 Å². The largest absolute Gasteiger partial charge is 0.478 e. The topological polar surface area (TPSA) is 84.2 Å². The number of amides is 1. The fraction of sp³-hybridized carbons (Fsp3) is 0.0500. The van der Waals surface area contributed by atoms with Gasteiger partial charge in [-0.2, -0.15) is 5.10 Å². The van der Waals surface area contributed by atoms with E-state index in [1.54, 1.807) is 4.68 Å². The summed E-state index contributed by atoms with van der Waals surface area (Å²) in [6.07, 6.45) is 3.65. The standard InChI is InChI=1S/C20H16BrN3O3/c21-16-8-6-14(7-9-16)20-15(12-22-18(25)10-11-19(26)27)13-24(23-20)17-4-2-1-3-5-17/h1-11,13H,12H2,(H,22,25)(H,26,27)/b11-10+. The first-order valence-electron chi connectivity index (χ1n) is 8.11. The van der Waals surface area contributed by atoms with E-state index in [0.717, 1.165) is 39.1 Å². The van der Waals surface area contributed by atoms with Crippen molar-refractivity contribution >= 4 is 27.8 Å². The molecule has 2 aromatic carbocycles. The molecule has 136 valence electrons. The van der Waals surface area contributed by atoms with E-state index in [9.17, 15) is 9.59 Å². The molecule has 3 rings (SSSR count). The summed E-state index contributed by atoms with van der Waals surface area (Å²) in [5.41, 5.74) is 3.38. The van der Waals surface area contributed by atoms with Crippen LogP contribution in [0.1, 0.15) is 5.56 Å². The van der Waals surface area contributed by atoms with Crippen molar-refractivity contribution in [1.29, 1.82) is 0 Å². The van der Waals surface area contributed by atoms with Crippen LogP contribution in [0.3, 0.4) is 0 Å². The number of benzene rings is 2. The minimum Gasteiger partial charge on any atom is -0.478 e. The van der Waals surface area contributed by atoms with E-state index in [2.05, 4.69) is 26.3 Å². The van der Waals surface area contributed by atoms with Crippen LogP contribution in [0.5, 0.6) is 0 Å². The van der Waals surface area contributed by atoms with E-state index in [1.165, 1.54) is 0 Å². The van der Waals surface area contributed by atoms with Crippen LogP contribution in [0, 0.1) is 0 Å². The van der Waals surface area contributed by atoms with Gasteiger partial charge in [0.05, 0.1) is 11.4 Å². The molecule has 2 N–H and O–H groups in total. The van der Waals surface area contributed by atoms with Crippen LogP contribution >= 0.6 is 15.9 Å². The Morgan fingerprint density at radius 1 is 1.07 bits per heavy atom. The lowest BCUT2D eigenvalue weighted by Gasteiger charge is -2.03. The van der Waals surface area contributed by atoms with Gasteiger partial charge in [-0.05, 0) is 24.3 Å². The zero-order chi connectivity index (χ0) is 19.2. The lowest BCUT2D eigenvalue weighted by Crippen LogP contribution is -2.20. The molecular formula is C20H16BrN3O3. The molecule has 0 atom stereocenters. The summed E-state index contributed by atoms with van der Waals surface area (Å²) < 4.78 is 2.72. The Bertz CT molecular complexity index is 979. The highest BCUT2D eigenvalue weighted by Crippen LogP contribution is 2.25. The molecule has 27 heavy (non-hydrogen) atoms. The van der Waals surface area contributed by atoms with E-state index in [0.29, 0.717) is 0 Å². The number of halogens is 1. The molecule has 0 bridgehead atoms. The number of para-hydroxylation sites is 1. The third-order valence-electron chi connectivity index (χ3n) is 3.76. The average molecular weight is 426 g/mol. The Kier molecular flexibility index (Phi) is 5.83. The number of carboxylic acids is 1. The summed E-state index contributed by atoms with van der Waals surface area (Å²) in [4.78, 5) is 22.3. The second kappa shape index (κ2) is 8.46. The van der Waals surface area contributed by atoms with Gasteiger partial charge >= 0.3 is 5.97 Å². The molecule has 1 aromatic heterocycles. The van der Waals surface area contributed by atoms with Crippen molar-refractivity contribution in [1.82, 2.24) is 15.1 Å². The highest BCUT2D eigenvalue weighted by atomic mass is 79.9. The van der Waals surface area contributed by atoms with Gasteiger partial charge < -0.3 is 10.4 Å². The number of aromatic nitrogens is 2. The summed E-state index contributed by atoms with van der Waals surface area (Å²) in [6, 6.07) is 17.4. The predicted octanol–water partition coefficient (Wildman–Crippen LogP) is 3.56. The number of carbonyl (C=O) groups is 2. The highest BCUT2D eigenvalue weighted by molar-refractivity contribution is 9.10. The summed E-state index contributed by atoms with van der Waals surface area (Å²) in [7, 11) is 0. The molecule has 1 heterocycles. The molecule has 0 fully saturated rings. The molecule has 6 nitrogen and oxygen atoms in total. The fourth-order valence-electron chi connectivity index (χ4n) is 2.49. The summed E-state index contributed by atoms with van der Waals surface area (Å²) in [6.45, 7) is 0.223. The zero-order valence-electron chi connectivity index (χ0n) is 14.2. The first-order chi connectivity index (χ1) is 13.0. The molecule has 0 saturated heterocycles. The number of hydrogen-bond donors (Lipinski definition) is 2. The van der Waals surface area contributed by atoms with E-state index in [4.69, 9.17) is 5.11 Å². The smallest absolute Gasteiger partial charge is 0.328 e. The van der Waals surface area contributed by atoms with Crippen LogP contribution in [-0.4, -0.2) is 26.8 Å². The van der Waals surface area contributed by atoms with Crippen LogP contribution in [0.4, 0.5) is 0 Å². The van der Waals surface area contributed by atoms with Gasteiger partial charge in [-0.3, -0.25) is 4.79 Å². The summed E-state index contributed by atoms with van der Waals surface area (Å²) in [5, 5.41) is 16.0. The van der Waals surface area contributed by atoms with E-state index in [-0.39, 0.29) is 6.54 Å². The molecule has 0 aliphatic rings. The Balaban J connectivity index is 1.90. The predicted molar refractivity (Wildman–Crippen MR) is 105 cm³/mol. The molecule has 0 radical (unpaired) electrons. The van der Waals surface area contributed by atoms with Gasteiger partial charge in [-0.1, -0.05) is 46.3 Å². The molecule has 1 amide bonds. The maximum atomic E-state index is 11.8. The number of carbonyl (C=O) groups excluding carboxylic acids is 1. The second-order valence-corrected chi connectivity index (χ2v) is 6.60. The Hall–Kier alpha value is -3.19. The monoisotopic (exact) mass is 425 g/mol. The third-order valence-corrected chi connectivity index (χ3v) is 4.29. The number of rotatable bonds is 6. The number of carboxylic acid groups (broad SMARTS) is 1. The molecule has 0 saturated carbocycles. The van der Waals surface area contributed by atoms with Crippen molar-refractivity contribution in [3.8, 4) is 16.9 Å². The fourth-order valence-corrected chi connectivity index (χ4v) is 2.76. The number of nitrogens with one attached hydrogen (secondary N) is 1. The van der Waals surface area contributed by atoms with Crippen LogP contribution in [-0.2, 0) is 16.1 Å². The molecule has 7 heteroatoms. The van der Waals surface area contributed by atoms with E-state index < -0.39 is 11.9 Å². The van der Waals surface area contributed by atoms with Gasteiger partial charge in [0.15, 0.2) is 0 Å². The number of nitrogens with zero attached hydrogens (tertiary/aromatic N) is 2. The zero-order valence-corrected chi connectivity index (χ0v) is 15.8. The Morgan fingerprint density at radius 3 is 2.44 bits per heavy atom. The summed E-state index contributed by atoms with van der Waals surface area (Å²) >= 11 is 3.42. The van der Waals surface area contributed by atoms with Crippen LogP contribution < -0.4 is 5.32 Å². The lowest BCUT2D eigenvalue weighted by atomic mass is 10.1. The normalized spacial score (nSPS) is 10.9. The van der Waals surface area contributed by atoms with Gasteiger partial charge in [0.25, 0.3) is 0 Å². The molecule has 0 aliphatic heterocycles. The average Bonchev–Trinajstić information content (AvgIpc) is 3.10. The van der Waals surface area contributed by atoms with Crippen LogP contribution in [0.25, 0.3) is 16.9 Å². The quantitative estimate of drug-likeness (QED) is 0.591. The maximum absolute atomic E-state index is 11.8. The Labute approximate surface area is 164 Å². The molecule has 0 unspecified atom stereocenters. The number of aliphatic carboxylic acids is 1. The van der Waals surface area contributed by atoms with Crippen molar-refractivity contribution in [3.05, 3.63) is 83.0 Å². The van der Waals surface area contributed by atoms with Gasteiger partial charge in [0, 0.05) is 40.5 Å². The highest BCUT2D eigenvalue weighted by Gasteiger charge is 2.13. The first kappa shape index (κ1) is 18.6.